The number of aryl methyl sites for hydroxylation is 1. The van der Waals surface area contributed by atoms with Crippen molar-refractivity contribution in [3.05, 3.63) is 23.8 Å². The summed E-state index contributed by atoms with van der Waals surface area (Å²) in [6.45, 7) is 4.67. The molecule has 0 saturated carbocycles. The monoisotopic (exact) mass is 208 g/mol. The van der Waals surface area contributed by atoms with Gasteiger partial charge in [0.2, 0.25) is 0 Å². The standard InChI is InChI=1S/C12H20N2O/c1-3-4-11(15)8-14-12-7-10(13)6-5-9(12)2/h5-7,11,14-15H,3-4,8,13H2,1-2H3. The second-order valence-corrected chi connectivity index (χ2v) is 3.90. The van der Waals surface area contributed by atoms with E-state index in [9.17, 15) is 5.11 Å². The molecular formula is C12H20N2O. The minimum Gasteiger partial charge on any atom is -0.399 e. The Morgan fingerprint density at radius 2 is 2.20 bits per heavy atom. The van der Waals surface area contributed by atoms with E-state index < -0.39 is 0 Å². The van der Waals surface area contributed by atoms with Crippen LogP contribution in [0.15, 0.2) is 18.2 Å². The molecule has 0 saturated heterocycles. The van der Waals surface area contributed by atoms with E-state index in [0.29, 0.717) is 6.54 Å². The lowest BCUT2D eigenvalue weighted by molar-refractivity contribution is 0.176. The highest BCUT2D eigenvalue weighted by molar-refractivity contribution is 5.59. The Morgan fingerprint density at radius 3 is 2.87 bits per heavy atom. The van der Waals surface area contributed by atoms with Crippen LogP contribution >= 0.6 is 0 Å². The Labute approximate surface area is 91.3 Å². The van der Waals surface area contributed by atoms with Crippen molar-refractivity contribution < 1.29 is 5.11 Å². The maximum absolute atomic E-state index is 9.58. The van der Waals surface area contributed by atoms with Crippen molar-refractivity contribution in [3.63, 3.8) is 0 Å². The van der Waals surface area contributed by atoms with Gasteiger partial charge in [-0.2, -0.15) is 0 Å². The maximum Gasteiger partial charge on any atom is 0.0712 e. The third-order valence-corrected chi connectivity index (χ3v) is 2.41. The molecule has 1 unspecified atom stereocenters. The number of hydrogen-bond donors (Lipinski definition) is 3. The number of nitrogens with two attached hydrogens (primary N) is 1. The summed E-state index contributed by atoms with van der Waals surface area (Å²) in [5.41, 5.74) is 8.58. The Hall–Kier alpha value is -1.22. The van der Waals surface area contributed by atoms with Gasteiger partial charge in [-0.15, -0.1) is 0 Å². The Morgan fingerprint density at radius 1 is 1.47 bits per heavy atom. The first kappa shape index (κ1) is 11.9. The molecule has 1 rings (SSSR count). The van der Waals surface area contributed by atoms with Gasteiger partial charge >= 0.3 is 0 Å². The van der Waals surface area contributed by atoms with Crippen LogP contribution < -0.4 is 11.1 Å². The van der Waals surface area contributed by atoms with E-state index in [1.807, 2.05) is 25.1 Å². The smallest absolute Gasteiger partial charge is 0.0712 e. The van der Waals surface area contributed by atoms with E-state index >= 15 is 0 Å². The summed E-state index contributed by atoms with van der Waals surface area (Å²) in [7, 11) is 0. The predicted octanol–water partition coefficient (Wildman–Crippen LogP) is 2.15. The molecule has 1 aromatic carbocycles. The highest BCUT2D eigenvalue weighted by Gasteiger charge is 2.03. The quantitative estimate of drug-likeness (QED) is 0.650. The van der Waals surface area contributed by atoms with Crippen molar-refractivity contribution in [2.75, 3.05) is 17.6 Å². The Kier molecular flexibility index (Phi) is 4.43. The Balaban J connectivity index is 2.53. The molecule has 15 heavy (non-hydrogen) atoms. The van der Waals surface area contributed by atoms with Gasteiger partial charge in [0, 0.05) is 17.9 Å². The SMILES string of the molecule is CCCC(O)CNc1cc(N)ccc1C. The zero-order valence-corrected chi connectivity index (χ0v) is 9.46. The van der Waals surface area contributed by atoms with E-state index in [1.54, 1.807) is 0 Å². The van der Waals surface area contributed by atoms with Crippen LogP contribution in [0.2, 0.25) is 0 Å². The van der Waals surface area contributed by atoms with E-state index in [0.717, 1.165) is 29.8 Å². The van der Waals surface area contributed by atoms with E-state index in [4.69, 9.17) is 5.73 Å². The molecule has 0 radical (unpaired) electrons. The third-order valence-electron chi connectivity index (χ3n) is 2.41. The highest BCUT2D eigenvalue weighted by atomic mass is 16.3. The number of rotatable bonds is 5. The molecule has 0 aliphatic carbocycles. The van der Waals surface area contributed by atoms with Crippen LogP contribution in [0.5, 0.6) is 0 Å². The first-order valence-corrected chi connectivity index (χ1v) is 5.41. The number of aliphatic hydroxyl groups is 1. The van der Waals surface area contributed by atoms with Gasteiger partial charge in [0.15, 0.2) is 0 Å². The number of nitrogen functional groups attached to an aromatic ring is 1. The zero-order valence-electron chi connectivity index (χ0n) is 9.46. The summed E-state index contributed by atoms with van der Waals surface area (Å²) in [5, 5.41) is 12.8. The topological polar surface area (TPSA) is 58.3 Å². The number of benzene rings is 1. The number of anilines is 2. The molecule has 0 heterocycles. The van der Waals surface area contributed by atoms with E-state index in [2.05, 4.69) is 12.2 Å². The van der Waals surface area contributed by atoms with Gasteiger partial charge in [-0.05, 0) is 31.0 Å². The van der Waals surface area contributed by atoms with Crippen molar-refractivity contribution >= 4 is 11.4 Å². The molecule has 0 bridgehead atoms. The molecule has 4 N–H and O–H groups in total. The summed E-state index contributed by atoms with van der Waals surface area (Å²) >= 11 is 0. The van der Waals surface area contributed by atoms with Crippen LogP contribution in [-0.2, 0) is 0 Å². The molecule has 0 spiro atoms. The fourth-order valence-corrected chi connectivity index (χ4v) is 1.49. The lowest BCUT2D eigenvalue weighted by Gasteiger charge is -2.14. The molecule has 84 valence electrons. The van der Waals surface area contributed by atoms with Crippen molar-refractivity contribution in [1.29, 1.82) is 0 Å². The number of aliphatic hydroxyl groups excluding tert-OH is 1. The molecule has 0 aliphatic rings. The van der Waals surface area contributed by atoms with Gasteiger partial charge in [-0.25, -0.2) is 0 Å². The predicted molar refractivity (Wildman–Crippen MR) is 65.0 cm³/mol. The van der Waals surface area contributed by atoms with Gasteiger partial charge in [0.1, 0.15) is 0 Å². The largest absolute Gasteiger partial charge is 0.399 e. The van der Waals surface area contributed by atoms with Crippen molar-refractivity contribution in [2.24, 2.45) is 0 Å². The van der Waals surface area contributed by atoms with E-state index in [1.165, 1.54) is 0 Å². The van der Waals surface area contributed by atoms with Crippen LogP contribution in [-0.4, -0.2) is 17.8 Å². The maximum atomic E-state index is 9.58. The lowest BCUT2D eigenvalue weighted by atomic mass is 10.1. The Bertz CT molecular complexity index is 312. The molecular weight excluding hydrogens is 188 g/mol. The summed E-state index contributed by atoms with van der Waals surface area (Å²) in [5.74, 6) is 0. The summed E-state index contributed by atoms with van der Waals surface area (Å²) < 4.78 is 0. The molecule has 1 atom stereocenters. The lowest BCUT2D eigenvalue weighted by Crippen LogP contribution is -2.19. The summed E-state index contributed by atoms with van der Waals surface area (Å²) in [4.78, 5) is 0. The number of nitrogens with one attached hydrogen (secondary N) is 1. The molecule has 0 aliphatic heterocycles. The van der Waals surface area contributed by atoms with Gasteiger partial charge in [-0.1, -0.05) is 19.4 Å². The van der Waals surface area contributed by atoms with Crippen LogP contribution in [0, 0.1) is 6.92 Å². The molecule has 3 nitrogen and oxygen atoms in total. The summed E-state index contributed by atoms with van der Waals surface area (Å²) in [6, 6.07) is 5.75. The molecule has 0 amide bonds. The van der Waals surface area contributed by atoms with Crippen LogP contribution in [0.3, 0.4) is 0 Å². The zero-order chi connectivity index (χ0) is 11.3. The minimum atomic E-state index is -0.282. The second-order valence-electron chi connectivity index (χ2n) is 3.90. The fourth-order valence-electron chi connectivity index (χ4n) is 1.49. The highest BCUT2D eigenvalue weighted by Crippen LogP contribution is 2.18. The van der Waals surface area contributed by atoms with Crippen molar-refractivity contribution in [3.8, 4) is 0 Å². The first-order valence-electron chi connectivity index (χ1n) is 5.41. The third kappa shape index (κ3) is 3.80. The molecule has 0 aromatic heterocycles. The second kappa shape index (κ2) is 5.61. The molecule has 0 fully saturated rings. The molecule has 1 aromatic rings. The average molecular weight is 208 g/mol. The fraction of sp³-hybridized carbons (Fsp3) is 0.500. The van der Waals surface area contributed by atoms with Crippen molar-refractivity contribution in [2.45, 2.75) is 32.8 Å². The van der Waals surface area contributed by atoms with Crippen LogP contribution in [0.25, 0.3) is 0 Å². The number of hydrogen-bond acceptors (Lipinski definition) is 3. The van der Waals surface area contributed by atoms with Gasteiger partial charge in [0.05, 0.1) is 6.10 Å². The normalized spacial score (nSPS) is 12.5. The van der Waals surface area contributed by atoms with Gasteiger partial charge in [0.25, 0.3) is 0 Å². The first-order chi connectivity index (χ1) is 7.13. The van der Waals surface area contributed by atoms with Gasteiger partial charge < -0.3 is 16.2 Å². The minimum absolute atomic E-state index is 0.282. The van der Waals surface area contributed by atoms with Crippen LogP contribution in [0.4, 0.5) is 11.4 Å². The van der Waals surface area contributed by atoms with Crippen molar-refractivity contribution in [1.82, 2.24) is 0 Å². The van der Waals surface area contributed by atoms with Crippen LogP contribution in [0.1, 0.15) is 25.3 Å². The molecule has 3 heteroatoms. The average Bonchev–Trinajstić information content (AvgIpc) is 2.20. The van der Waals surface area contributed by atoms with E-state index in [-0.39, 0.29) is 6.10 Å². The van der Waals surface area contributed by atoms with Gasteiger partial charge in [-0.3, -0.25) is 0 Å². The summed E-state index contributed by atoms with van der Waals surface area (Å²) in [6.07, 6.45) is 1.54.